The van der Waals surface area contributed by atoms with Crippen LogP contribution in [0.15, 0.2) is 0 Å². The molecule has 0 unspecified atom stereocenters. The summed E-state index contributed by atoms with van der Waals surface area (Å²) in [7, 11) is 1.71. The van der Waals surface area contributed by atoms with Crippen LogP contribution in [-0.2, 0) is 4.74 Å². The average Bonchev–Trinajstić information content (AvgIpc) is 2.89. The van der Waals surface area contributed by atoms with Gasteiger partial charge in [0.05, 0.1) is 6.61 Å². The summed E-state index contributed by atoms with van der Waals surface area (Å²) in [5.74, 6) is 2.58. The predicted octanol–water partition coefficient (Wildman–Crippen LogP) is 3.67. The van der Waals surface area contributed by atoms with Crippen LogP contribution in [0.1, 0.15) is 57.2 Å². The van der Waals surface area contributed by atoms with E-state index in [9.17, 15) is 0 Å². The second kappa shape index (κ2) is 7.80. The van der Waals surface area contributed by atoms with Crippen LogP contribution in [0.4, 0.5) is 5.13 Å². The summed E-state index contributed by atoms with van der Waals surface area (Å²) in [6, 6.07) is 0. The summed E-state index contributed by atoms with van der Waals surface area (Å²) < 4.78 is 9.53. The first-order valence-electron chi connectivity index (χ1n) is 7.40. The molecule has 2 rings (SSSR count). The average molecular weight is 283 g/mol. The standard InChI is InChI=1S/C14H25N3OS/c1-3-4-11-5-7-12(8-6-11)13-16-14(19-17-13)15-9-10-18-2/h11-12H,3-10H2,1-2H3,(H,15,16,17). The van der Waals surface area contributed by atoms with E-state index in [0.717, 1.165) is 23.4 Å². The Morgan fingerprint density at radius 1 is 1.32 bits per heavy atom. The van der Waals surface area contributed by atoms with Crippen molar-refractivity contribution in [2.24, 2.45) is 5.92 Å². The van der Waals surface area contributed by atoms with Crippen LogP contribution in [0.3, 0.4) is 0 Å². The van der Waals surface area contributed by atoms with Crippen LogP contribution < -0.4 is 5.32 Å². The molecule has 1 fully saturated rings. The van der Waals surface area contributed by atoms with E-state index in [1.807, 2.05) is 0 Å². The zero-order valence-corrected chi connectivity index (χ0v) is 12.8. The molecule has 0 bridgehead atoms. The first-order chi connectivity index (χ1) is 9.33. The molecular formula is C14H25N3OS. The number of nitrogens with one attached hydrogen (secondary N) is 1. The summed E-state index contributed by atoms with van der Waals surface area (Å²) >= 11 is 1.48. The van der Waals surface area contributed by atoms with Crippen LogP contribution in [0.5, 0.6) is 0 Å². The van der Waals surface area contributed by atoms with E-state index in [-0.39, 0.29) is 0 Å². The Bertz CT molecular complexity index is 361. The van der Waals surface area contributed by atoms with Crippen molar-refractivity contribution in [1.82, 2.24) is 9.36 Å². The van der Waals surface area contributed by atoms with E-state index in [1.165, 1.54) is 50.1 Å². The number of ether oxygens (including phenoxy) is 1. The normalized spacial score (nSPS) is 23.5. The lowest BCUT2D eigenvalue weighted by molar-refractivity contribution is 0.211. The van der Waals surface area contributed by atoms with E-state index in [2.05, 4.69) is 21.6 Å². The maximum atomic E-state index is 5.02. The van der Waals surface area contributed by atoms with Gasteiger partial charge in [0.15, 0.2) is 0 Å². The molecule has 0 spiro atoms. The third-order valence-corrected chi connectivity index (χ3v) is 4.62. The van der Waals surface area contributed by atoms with Gasteiger partial charge in [-0.25, -0.2) is 4.98 Å². The van der Waals surface area contributed by atoms with Crippen LogP contribution in [0.2, 0.25) is 0 Å². The van der Waals surface area contributed by atoms with Crippen molar-refractivity contribution in [1.29, 1.82) is 0 Å². The molecule has 0 atom stereocenters. The van der Waals surface area contributed by atoms with Gasteiger partial charge in [-0.3, -0.25) is 0 Å². The highest BCUT2D eigenvalue weighted by molar-refractivity contribution is 7.09. The van der Waals surface area contributed by atoms with E-state index >= 15 is 0 Å². The first-order valence-corrected chi connectivity index (χ1v) is 8.17. The summed E-state index contributed by atoms with van der Waals surface area (Å²) in [4.78, 5) is 4.62. The van der Waals surface area contributed by atoms with Gasteiger partial charge in [-0.05, 0) is 31.6 Å². The molecule has 1 aromatic heterocycles. The topological polar surface area (TPSA) is 47.0 Å². The van der Waals surface area contributed by atoms with Gasteiger partial charge in [-0.1, -0.05) is 19.8 Å². The van der Waals surface area contributed by atoms with Crippen molar-refractivity contribution < 1.29 is 4.74 Å². The Morgan fingerprint density at radius 2 is 2.11 bits per heavy atom. The smallest absolute Gasteiger partial charge is 0.202 e. The van der Waals surface area contributed by atoms with Gasteiger partial charge in [0.1, 0.15) is 5.82 Å². The zero-order chi connectivity index (χ0) is 13.5. The van der Waals surface area contributed by atoms with Crippen molar-refractivity contribution >= 4 is 16.7 Å². The molecule has 0 aliphatic heterocycles. The highest BCUT2D eigenvalue weighted by Gasteiger charge is 2.24. The molecule has 108 valence electrons. The summed E-state index contributed by atoms with van der Waals surface area (Å²) in [6.07, 6.45) is 7.94. The molecule has 1 aromatic rings. The Balaban J connectivity index is 1.79. The number of nitrogens with zero attached hydrogens (tertiary/aromatic N) is 2. The molecule has 1 N–H and O–H groups in total. The Hall–Kier alpha value is -0.680. The van der Waals surface area contributed by atoms with Crippen LogP contribution in [0, 0.1) is 5.92 Å². The fourth-order valence-corrected chi connectivity index (χ4v) is 3.52. The third kappa shape index (κ3) is 4.42. The Morgan fingerprint density at radius 3 is 2.79 bits per heavy atom. The number of aromatic nitrogens is 2. The van der Waals surface area contributed by atoms with E-state index in [1.54, 1.807) is 7.11 Å². The maximum Gasteiger partial charge on any atom is 0.202 e. The van der Waals surface area contributed by atoms with Crippen LogP contribution >= 0.6 is 11.5 Å². The van der Waals surface area contributed by atoms with E-state index < -0.39 is 0 Å². The van der Waals surface area contributed by atoms with Gasteiger partial charge >= 0.3 is 0 Å². The van der Waals surface area contributed by atoms with Crippen LogP contribution in [-0.4, -0.2) is 29.6 Å². The molecule has 0 saturated heterocycles. The summed E-state index contributed by atoms with van der Waals surface area (Å²) in [5.41, 5.74) is 0. The number of hydrogen-bond acceptors (Lipinski definition) is 5. The molecule has 1 aliphatic carbocycles. The van der Waals surface area contributed by atoms with Crippen LogP contribution in [0.25, 0.3) is 0 Å². The lowest BCUT2D eigenvalue weighted by Crippen LogP contribution is -2.14. The fourth-order valence-electron chi connectivity index (χ4n) is 2.85. The molecule has 0 radical (unpaired) electrons. The minimum atomic E-state index is 0.585. The Labute approximate surface area is 120 Å². The van der Waals surface area contributed by atoms with E-state index in [4.69, 9.17) is 4.74 Å². The van der Waals surface area contributed by atoms with Gasteiger partial charge in [0, 0.05) is 31.1 Å². The molecule has 1 heterocycles. The second-order valence-corrected chi connectivity index (χ2v) is 6.14. The molecule has 0 aromatic carbocycles. The van der Waals surface area contributed by atoms with Crippen molar-refractivity contribution in [3.05, 3.63) is 5.82 Å². The minimum absolute atomic E-state index is 0.585. The van der Waals surface area contributed by atoms with Gasteiger partial charge in [0.2, 0.25) is 5.13 Å². The van der Waals surface area contributed by atoms with Gasteiger partial charge in [-0.2, -0.15) is 4.37 Å². The van der Waals surface area contributed by atoms with Crippen molar-refractivity contribution in [3.8, 4) is 0 Å². The molecule has 19 heavy (non-hydrogen) atoms. The quantitative estimate of drug-likeness (QED) is 0.776. The highest BCUT2D eigenvalue weighted by atomic mass is 32.1. The third-order valence-electron chi connectivity index (χ3n) is 3.93. The second-order valence-electron chi connectivity index (χ2n) is 5.38. The molecular weight excluding hydrogens is 258 g/mol. The zero-order valence-electron chi connectivity index (χ0n) is 12.0. The Kier molecular flexibility index (Phi) is 6.04. The predicted molar refractivity (Wildman–Crippen MR) is 79.9 cm³/mol. The van der Waals surface area contributed by atoms with Gasteiger partial charge < -0.3 is 10.1 Å². The molecule has 0 amide bonds. The largest absolute Gasteiger partial charge is 0.383 e. The fraction of sp³-hybridized carbons (Fsp3) is 0.857. The number of methoxy groups -OCH3 is 1. The number of rotatable bonds is 7. The molecule has 5 heteroatoms. The number of anilines is 1. The lowest BCUT2D eigenvalue weighted by atomic mass is 9.80. The monoisotopic (exact) mass is 283 g/mol. The van der Waals surface area contributed by atoms with Crippen molar-refractivity contribution in [2.75, 3.05) is 25.6 Å². The van der Waals surface area contributed by atoms with Gasteiger partial charge in [-0.15, -0.1) is 0 Å². The minimum Gasteiger partial charge on any atom is -0.383 e. The summed E-state index contributed by atoms with van der Waals surface area (Å²) in [5, 5.41) is 4.19. The van der Waals surface area contributed by atoms with Crippen molar-refractivity contribution in [3.63, 3.8) is 0 Å². The molecule has 1 aliphatic rings. The number of hydrogen-bond donors (Lipinski definition) is 1. The maximum absolute atomic E-state index is 5.02. The SMILES string of the molecule is CCCC1CCC(c2nsc(NCCOC)n2)CC1. The molecule has 4 nitrogen and oxygen atoms in total. The van der Waals surface area contributed by atoms with Gasteiger partial charge in [0.25, 0.3) is 0 Å². The first kappa shape index (κ1) is 14.7. The lowest BCUT2D eigenvalue weighted by Gasteiger charge is -2.26. The summed E-state index contributed by atoms with van der Waals surface area (Å²) in [6.45, 7) is 3.79. The van der Waals surface area contributed by atoms with Crippen molar-refractivity contribution in [2.45, 2.75) is 51.4 Å². The highest BCUT2D eigenvalue weighted by Crippen LogP contribution is 2.37. The van der Waals surface area contributed by atoms with E-state index in [0.29, 0.717) is 12.5 Å². The molecule has 1 saturated carbocycles.